The maximum Gasteiger partial charge on any atom is 0.288 e. The van der Waals surface area contributed by atoms with Crippen molar-refractivity contribution >= 4 is 28.9 Å². The molecular weight excluding hydrogens is 392 g/mol. The number of hydrogen-bond donors (Lipinski definition) is 2. The van der Waals surface area contributed by atoms with E-state index in [4.69, 9.17) is 11.6 Å². The Morgan fingerprint density at radius 2 is 1.86 bits per heavy atom. The second-order valence-electron chi connectivity index (χ2n) is 7.54. The first kappa shape index (κ1) is 21.1. The van der Waals surface area contributed by atoms with E-state index in [1.807, 2.05) is 14.1 Å². The van der Waals surface area contributed by atoms with Gasteiger partial charge in [0.25, 0.3) is 11.6 Å². The molecule has 3 rings (SSSR count). The summed E-state index contributed by atoms with van der Waals surface area (Å²) >= 11 is 5.84. The van der Waals surface area contributed by atoms with Crippen LogP contribution in [-0.2, 0) is 0 Å². The Hall–Kier alpha value is -2.64. The number of amides is 1. The van der Waals surface area contributed by atoms with Gasteiger partial charge in [-0.3, -0.25) is 14.9 Å². The van der Waals surface area contributed by atoms with Crippen LogP contribution in [0.1, 0.15) is 34.8 Å². The average Bonchev–Trinajstić information content (AvgIpc) is 3.23. The molecule has 154 valence electrons. The number of carbonyl (C=O) groups excluding carboxylic acids is 1. The molecule has 1 atom stereocenters. The van der Waals surface area contributed by atoms with Crippen LogP contribution >= 0.6 is 11.6 Å². The van der Waals surface area contributed by atoms with E-state index in [-0.39, 0.29) is 28.2 Å². The average molecular weight is 418 g/mol. The van der Waals surface area contributed by atoms with E-state index >= 15 is 0 Å². The third-order valence-electron chi connectivity index (χ3n) is 5.42. The van der Waals surface area contributed by atoms with E-state index in [1.165, 1.54) is 41.5 Å². The molecule has 7 nitrogen and oxygen atoms in total. The molecule has 1 aliphatic rings. The van der Waals surface area contributed by atoms with E-state index in [0.717, 1.165) is 18.8 Å². The lowest BCUT2D eigenvalue weighted by molar-refractivity contribution is -0.918. The molecule has 1 heterocycles. The zero-order valence-corrected chi connectivity index (χ0v) is 17.4. The Labute approximate surface area is 175 Å². The van der Waals surface area contributed by atoms with Gasteiger partial charge in [0.1, 0.15) is 11.1 Å². The Morgan fingerprint density at radius 1 is 1.21 bits per heavy atom. The summed E-state index contributed by atoms with van der Waals surface area (Å²) in [4.78, 5) is 26.6. The first-order valence-corrected chi connectivity index (χ1v) is 10.1. The number of anilines is 1. The number of nitro groups is 1. The lowest BCUT2D eigenvalue weighted by atomic mass is 10.0. The van der Waals surface area contributed by atoms with Crippen molar-refractivity contribution in [3.63, 3.8) is 0 Å². The van der Waals surface area contributed by atoms with Crippen LogP contribution in [0.4, 0.5) is 11.4 Å². The van der Waals surface area contributed by atoms with Crippen molar-refractivity contribution in [2.45, 2.75) is 18.9 Å². The molecule has 0 saturated carbocycles. The summed E-state index contributed by atoms with van der Waals surface area (Å²) in [7, 11) is 4.01. The van der Waals surface area contributed by atoms with Gasteiger partial charge in [0.2, 0.25) is 0 Å². The van der Waals surface area contributed by atoms with Crippen molar-refractivity contribution in [2.75, 3.05) is 38.6 Å². The molecule has 0 aliphatic carbocycles. The summed E-state index contributed by atoms with van der Waals surface area (Å²) in [5, 5.41) is 14.1. The summed E-state index contributed by atoms with van der Waals surface area (Å²) in [5.74, 6) is -0.335. The number of benzene rings is 2. The van der Waals surface area contributed by atoms with E-state index < -0.39 is 4.92 Å². The van der Waals surface area contributed by atoms with Crippen LogP contribution in [0.3, 0.4) is 0 Å². The van der Waals surface area contributed by atoms with E-state index in [0.29, 0.717) is 6.54 Å². The van der Waals surface area contributed by atoms with Gasteiger partial charge in [0.15, 0.2) is 0 Å². The van der Waals surface area contributed by atoms with Crippen molar-refractivity contribution in [1.29, 1.82) is 0 Å². The van der Waals surface area contributed by atoms with E-state index in [1.54, 1.807) is 0 Å². The van der Waals surface area contributed by atoms with Crippen LogP contribution in [0.5, 0.6) is 0 Å². The van der Waals surface area contributed by atoms with Gasteiger partial charge in [0, 0.05) is 49.8 Å². The quantitative estimate of drug-likeness (QED) is 0.535. The third kappa shape index (κ3) is 5.05. The molecule has 2 N–H and O–H groups in total. The smallest absolute Gasteiger partial charge is 0.288 e. The molecule has 1 saturated heterocycles. The minimum absolute atomic E-state index is 0.0203. The molecule has 0 unspecified atom stereocenters. The van der Waals surface area contributed by atoms with Gasteiger partial charge in [-0.2, -0.15) is 0 Å². The van der Waals surface area contributed by atoms with Crippen LogP contribution in [0, 0.1) is 10.1 Å². The van der Waals surface area contributed by atoms with Crippen molar-refractivity contribution in [2.24, 2.45) is 0 Å². The first-order chi connectivity index (χ1) is 13.9. The zero-order valence-electron chi connectivity index (χ0n) is 16.7. The first-order valence-electron chi connectivity index (χ1n) is 9.71. The summed E-state index contributed by atoms with van der Waals surface area (Å²) in [6, 6.07) is 12.7. The number of halogens is 1. The summed E-state index contributed by atoms with van der Waals surface area (Å²) < 4.78 is 0. The second-order valence-corrected chi connectivity index (χ2v) is 7.94. The normalized spacial score (nSPS) is 15.1. The second kappa shape index (κ2) is 9.24. The highest BCUT2D eigenvalue weighted by Crippen LogP contribution is 2.25. The van der Waals surface area contributed by atoms with Crippen LogP contribution < -0.4 is 15.1 Å². The number of nitrogens with one attached hydrogen (secondary N) is 2. The number of carbonyl (C=O) groups is 1. The molecule has 1 aliphatic heterocycles. The molecule has 2 aromatic carbocycles. The SMILES string of the molecule is CN(C)c1ccc([C@@H](CNC(=O)c2ccc(Cl)c([N+](=O)[O-])c2)[NH+]2CCCC2)cc1. The standard InChI is InChI=1S/C21H25ClN4O3/c1-24(2)17-8-5-15(6-9-17)20(25-11-3-4-12-25)14-23-21(27)16-7-10-18(22)19(13-16)26(28)29/h5-10,13,20H,3-4,11-12,14H2,1-2H3,(H,23,27)/p+1/t20-/m1/s1. The number of rotatable bonds is 7. The number of quaternary nitrogens is 1. The molecule has 2 aromatic rings. The van der Waals surface area contributed by atoms with Crippen molar-refractivity contribution < 1.29 is 14.6 Å². The van der Waals surface area contributed by atoms with Gasteiger partial charge in [-0.15, -0.1) is 0 Å². The topological polar surface area (TPSA) is 79.9 Å². The maximum atomic E-state index is 12.6. The third-order valence-corrected chi connectivity index (χ3v) is 5.74. The molecular formula is C21H26ClN4O3+. The van der Waals surface area contributed by atoms with Crippen LogP contribution in [-0.4, -0.2) is 44.6 Å². The van der Waals surface area contributed by atoms with Crippen LogP contribution in [0.25, 0.3) is 0 Å². The fraction of sp³-hybridized carbons (Fsp3) is 0.381. The Bertz CT molecular complexity index is 880. The molecule has 0 radical (unpaired) electrons. The number of nitrogens with zero attached hydrogens (tertiary/aromatic N) is 2. The maximum absolute atomic E-state index is 12.6. The highest BCUT2D eigenvalue weighted by atomic mass is 35.5. The predicted octanol–water partition coefficient (Wildman–Crippen LogP) is 2.46. The fourth-order valence-electron chi connectivity index (χ4n) is 3.77. The van der Waals surface area contributed by atoms with Crippen molar-refractivity contribution in [3.05, 3.63) is 68.7 Å². The van der Waals surface area contributed by atoms with Gasteiger partial charge in [-0.1, -0.05) is 23.7 Å². The Morgan fingerprint density at radius 3 is 2.45 bits per heavy atom. The van der Waals surface area contributed by atoms with Gasteiger partial charge in [-0.05, 0) is 24.3 Å². The number of hydrogen-bond acceptors (Lipinski definition) is 4. The molecule has 0 bridgehead atoms. The lowest BCUT2D eigenvalue weighted by Crippen LogP contribution is -3.11. The highest BCUT2D eigenvalue weighted by Gasteiger charge is 2.28. The van der Waals surface area contributed by atoms with E-state index in [9.17, 15) is 14.9 Å². The van der Waals surface area contributed by atoms with Gasteiger partial charge in [-0.25, -0.2) is 0 Å². The van der Waals surface area contributed by atoms with Crippen molar-refractivity contribution in [3.8, 4) is 0 Å². The largest absolute Gasteiger partial charge is 0.378 e. The van der Waals surface area contributed by atoms with E-state index in [2.05, 4.69) is 34.5 Å². The lowest BCUT2D eigenvalue weighted by Gasteiger charge is -2.26. The zero-order chi connectivity index (χ0) is 21.0. The minimum atomic E-state index is -0.581. The Kier molecular flexibility index (Phi) is 6.71. The van der Waals surface area contributed by atoms with Crippen molar-refractivity contribution in [1.82, 2.24) is 5.32 Å². The van der Waals surface area contributed by atoms with Gasteiger partial charge < -0.3 is 15.1 Å². The fourth-order valence-corrected chi connectivity index (χ4v) is 3.96. The number of nitro benzene ring substituents is 1. The molecule has 8 heteroatoms. The highest BCUT2D eigenvalue weighted by molar-refractivity contribution is 6.32. The van der Waals surface area contributed by atoms with Crippen LogP contribution in [0.2, 0.25) is 5.02 Å². The molecule has 1 amide bonds. The molecule has 1 fully saturated rings. The molecule has 0 aromatic heterocycles. The van der Waals surface area contributed by atoms with Gasteiger partial charge >= 0.3 is 0 Å². The summed E-state index contributed by atoms with van der Waals surface area (Å²) in [6.07, 6.45) is 2.36. The van der Waals surface area contributed by atoms with Crippen LogP contribution in [0.15, 0.2) is 42.5 Å². The summed E-state index contributed by atoms with van der Waals surface area (Å²) in [6.45, 7) is 2.61. The monoisotopic (exact) mass is 417 g/mol. The number of likely N-dealkylation sites (tertiary alicyclic amines) is 1. The molecule has 0 spiro atoms. The predicted molar refractivity (Wildman–Crippen MR) is 114 cm³/mol. The van der Waals surface area contributed by atoms with Gasteiger partial charge in [0.05, 0.1) is 24.6 Å². The minimum Gasteiger partial charge on any atom is -0.378 e. The molecule has 29 heavy (non-hydrogen) atoms. The summed E-state index contributed by atoms with van der Waals surface area (Å²) in [5.41, 5.74) is 2.27. The Balaban J connectivity index is 1.75.